The third kappa shape index (κ3) is 4.63. The van der Waals surface area contributed by atoms with E-state index in [9.17, 15) is 15.4 Å². The van der Waals surface area contributed by atoms with Gasteiger partial charge in [-0.05, 0) is 37.3 Å². The minimum Gasteiger partial charge on any atom is -0.455 e. The number of pyridine rings is 1. The predicted molar refractivity (Wildman–Crippen MR) is 111 cm³/mol. The smallest absolute Gasteiger partial charge is 0.288 e. The number of anilines is 1. The first-order valence-electron chi connectivity index (χ1n) is 8.65. The molecule has 2 aromatic heterocycles. The normalized spacial score (nSPS) is 10.9. The number of rotatable bonds is 7. The van der Waals surface area contributed by atoms with E-state index in [1.54, 1.807) is 38.3 Å². The second kappa shape index (κ2) is 9.17. The van der Waals surface area contributed by atoms with Crippen LogP contribution in [0, 0.1) is 28.4 Å². The Morgan fingerprint density at radius 3 is 2.90 bits per heavy atom. The molecule has 0 fully saturated rings. The molecule has 0 spiro atoms. The molecule has 0 aliphatic heterocycles. The van der Waals surface area contributed by atoms with Gasteiger partial charge in [-0.15, -0.1) is 0 Å². The number of hydrogen-bond donors (Lipinski definition) is 1. The summed E-state index contributed by atoms with van der Waals surface area (Å²) in [5.41, 5.74) is 4.81. The molecule has 152 valence electrons. The van der Waals surface area contributed by atoms with Gasteiger partial charge >= 0.3 is 0 Å². The summed E-state index contributed by atoms with van der Waals surface area (Å²) in [6, 6.07) is 11.6. The number of benzene rings is 1. The van der Waals surface area contributed by atoms with Crippen LogP contribution in [0.25, 0.3) is 11.3 Å². The van der Waals surface area contributed by atoms with E-state index in [-0.39, 0.29) is 17.3 Å². The fraction of sp³-hybridized carbons (Fsp3) is 0.150. The molecule has 0 atom stereocenters. The SMILES string of the molecule is COCc1cc(C)nc(NN=Cc2ccc(-c3ccc(Cl)c([N+](=O)[O-])c3)o2)c1C#N. The number of nitrogens with zero attached hydrogens (tertiary/aromatic N) is 4. The molecule has 0 unspecified atom stereocenters. The summed E-state index contributed by atoms with van der Waals surface area (Å²) in [4.78, 5) is 14.8. The number of aryl methyl sites for hydroxylation is 1. The second-order valence-corrected chi connectivity index (χ2v) is 6.59. The summed E-state index contributed by atoms with van der Waals surface area (Å²) < 4.78 is 10.8. The molecular formula is C20H16ClN5O4. The topological polar surface area (TPSA) is 127 Å². The van der Waals surface area contributed by atoms with Gasteiger partial charge in [-0.3, -0.25) is 15.5 Å². The van der Waals surface area contributed by atoms with Gasteiger partial charge in [0.1, 0.15) is 28.2 Å². The monoisotopic (exact) mass is 425 g/mol. The number of nitriles is 1. The Morgan fingerprint density at radius 2 is 2.20 bits per heavy atom. The molecule has 3 rings (SSSR count). The number of nitrogens with one attached hydrogen (secondary N) is 1. The Balaban J connectivity index is 1.80. The molecule has 2 heterocycles. The minimum atomic E-state index is -0.555. The van der Waals surface area contributed by atoms with E-state index < -0.39 is 4.92 Å². The number of furan rings is 1. The standard InChI is InChI=1S/C20H16ClN5O4/c1-12-7-14(11-29-2)16(9-22)20(24-12)25-23-10-15-4-6-19(30-15)13-3-5-17(21)18(8-13)26(27)28/h3-8,10H,11H2,1-2H3,(H,24,25). The molecule has 0 bridgehead atoms. The van der Waals surface area contributed by atoms with Gasteiger partial charge in [0.05, 0.1) is 17.7 Å². The van der Waals surface area contributed by atoms with Crippen LogP contribution < -0.4 is 5.43 Å². The molecule has 0 aliphatic rings. The highest BCUT2D eigenvalue weighted by molar-refractivity contribution is 6.32. The number of nitro groups is 1. The second-order valence-electron chi connectivity index (χ2n) is 6.19. The molecule has 0 saturated heterocycles. The van der Waals surface area contributed by atoms with Crippen molar-refractivity contribution in [2.45, 2.75) is 13.5 Å². The molecule has 3 aromatic rings. The largest absolute Gasteiger partial charge is 0.455 e. The van der Waals surface area contributed by atoms with Gasteiger partial charge in [0, 0.05) is 30.0 Å². The molecule has 1 aromatic carbocycles. The Labute approximate surface area is 176 Å². The van der Waals surface area contributed by atoms with Crippen molar-refractivity contribution in [2.75, 3.05) is 12.5 Å². The average molecular weight is 426 g/mol. The van der Waals surface area contributed by atoms with Gasteiger partial charge in [-0.2, -0.15) is 10.4 Å². The Hall–Kier alpha value is -3.74. The van der Waals surface area contributed by atoms with Gasteiger partial charge in [0.2, 0.25) is 0 Å². The molecule has 0 saturated carbocycles. The van der Waals surface area contributed by atoms with Gasteiger partial charge < -0.3 is 9.15 Å². The van der Waals surface area contributed by atoms with Crippen molar-refractivity contribution in [1.29, 1.82) is 5.26 Å². The van der Waals surface area contributed by atoms with Crippen molar-refractivity contribution in [1.82, 2.24) is 4.98 Å². The molecule has 9 nitrogen and oxygen atoms in total. The molecule has 0 aliphatic carbocycles. The fourth-order valence-corrected chi connectivity index (χ4v) is 2.94. The maximum absolute atomic E-state index is 11.1. The van der Waals surface area contributed by atoms with Crippen molar-refractivity contribution in [3.63, 3.8) is 0 Å². The van der Waals surface area contributed by atoms with Crippen LogP contribution in [0.3, 0.4) is 0 Å². The van der Waals surface area contributed by atoms with Crippen molar-refractivity contribution >= 4 is 29.3 Å². The molecule has 0 radical (unpaired) electrons. The van der Waals surface area contributed by atoms with Gasteiger partial charge in [0.25, 0.3) is 5.69 Å². The lowest BCUT2D eigenvalue weighted by atomic mass is 10.1. The van der Waals surface area contributed by atoms with Gasteiger partial charge in [-0.25, -0.2) is 4.98 Å². The summed E-state index contributed by atoms with van der Waals surface area (Å²) in [7, 11) is 1.55. The van der Waals surface area contributed by atoms with Crippen LogP contribution in [0.15, 0.2) is 45.9 Å². The first-order valence-corrected chi connectivity index (χ1v) is 9.03. The molecule has 10 heteroatoms. The van der Waals surface area contributed by atoms with Crippen LogP contribution in [0.1, 0.15) is 22.6 Å². The van der Waals surface area contributed by atoms with E-state index in [2.05, 4.69) is 21.6 Å². The minimum absolute atomic E-state index is 0.0492. The highest BCUT2D eigenvalue weighted by atomic mass is 35.5. The van der Waals surface area contributed by atoms with Crippen molar-refractivity contribution in [3.05, 3.63) is 74.1 Å². The van der Waals surface area contributed by atoms with E-state index in [0.717, 1.165) is 0 Å². The van der Waals surface area contributed by atoms with E-state index in [1.165, 1.54) is 18.3 Å². The van der Waals surface area contributed by atoms with Crippen LogP contribution in [-0.4, -0.2) is 23.2 Å². The van der Waals surface area contributed by atoms with E-state index in [1.807, 2.05) is 0 Å². The zero-order valence-electron chi connectivity index (χ0n) is 16.0. The summed E-state index contributed by atoms with van der Waals surface area (Å²) >= 11 is 5.84. The lowest BCUT2D eigenvalue weighted by Gasteiger charge is -2.08. The molecular weight excluding hydrogens is 410 g/mol. The lowest BCUT2D eigenvalue weighted by molar-refractivity contribution is -0.384. The van der Waals surface area contributed by atoms with Crippen LogP contribution in [0.5, 0.6) is 0 Å². The van der Waals surface area contributed by atoms with Crippen LogP contribution in [-0.2, 0) is 11.3 Å². The first kappa shape index (κ1) is 21.0. The summed E-state index contributed by atoms with van der Waals surface area (Å²) in [6.45, 7) is 2.08. The number of hydrazone groups is 1. The van der Waals surface area contributed by atoms with E-state index in [0.29, 0.717) is 39.7 Å². The predicted octanol–water partition coefficient (Wildman–Crippen LogP) is 4.68. The number of halogens is 1. The first-order chi connectivity index (χ1) is 14.4. The summed E-state index contributed by atoms with van der Waals surface area (Å²) in [6.07, 6.45) is 1.41. The van der Waals surface area contributed by atoms with E-state index in [4.69, 9.17) is 20.8 Å². The Bertz CT molecular complexity index is 1170. The molecule has 0 amide bonds. The highest BCUT2D eigenvalue weighted by Gasteiger charge is 2.15. The van der Waals surface area contributed by atoms with Gasteiger partial charge in [-0.1, -0.05) is 11.6 Å². The zero-order chi connectivity index (χ0) is 21.7. The molecule has 30 heavy (non-hydrogen) atoms. The third-order valence-electron chi connectivity index (χ3n) is 4.06. The van der Waals surface area contributed by atoms with Crippen LogP contribution in [0.4, 0.5) is 11.5 Å². The van der Waals surface area contributed by atoms with Crippen molar-refractivity contribution < 1.29 is 14.1 Å². The third-order valence-corrected chi connectivity index (χ3v) is 4.38. The Kier molecular flexibility index (Phi) is 6.41. The number of methoxy groups -OCH3 is 1. The maximum atomic E-state index is 11.1. The fourth-order valence-electron chi connectivity index (χ4n) is 2.76. The maximum Gasteiger partial charge on any atom is 0.288 e. The average Bonchev–Trinajstić information content (AvgIpc) is 3.17. The summed E-state index contributed by atoms with van der Waals surface area (Å²) in [5.74, 6) is 1.13. The lowest BCUT2D eigenvalue weighted by Crippen LogP contribution is -2.03. The molecule has 1 N–H and O–H groups in total. The quantitative estimate of drug-likeness (QED) is 0.331. The number of ether oxygens (including phenoxy) is 1. The highest BCUT2D eigenvalue weighted by Crippen LogP contribution is 2.31. The Morgan fingerprint density at radius 1 is 1.40 bits per heavy atom. The van der Waals surface area contributed by atoms with Gasteiger partial charge in [0.15, 0.2) is 5.82 Å². The van der Waals surface area contributed by atoms with Crippen molar-refractivity contribution in [3.8, 4) is 17.4 Å². The van der Waals surface area contributed by atoms with E-state index >= 15 is 0 Å². The van der Waals surface area contributed by atoms with Crippen LogP contribution in [0.2, 0.25) is 5.02 Å². The van der Waals surface area contributed by atoms with Crippen molar-refractivity contribution in [2.24, 2.45) is 5.10 Å². The number of hydrogen-bond acceptors (Lipinski definition) is 8. The number of nitro benzene ring substituents is 1. The summed E-state index contributed by atoms with van der Waals surface area (Å²) in [5, 5.41) is 24.6. The zero-order valence-corrected chi connectivity index (χ0v) is 16.8. The number of aromatic nitrogens is 1. The van der Waals surface area contributed by atoms with Crippen LogP contribution >= 0.6 is 11.6 Å².